The summed E-state index contributed by atoms with van der Waals surface area (Å²) < 4.78 is 8.28. The van der Waals surface area contributed by atoms with Crippen LogP contribution in [0.25, 0.3) is 5.69 Å². The van der Waals surface area contributed by atoms with E-state index in [9.17, 15) is 9.90 Å². The van der Waals surface area contributed by atoms with E-state index >= 15 is 0 Å². The quantitative estimate of drug-likeness (QED) is 0.710. The summed E-state index contributed by atoms with van der Waals surface area (Å²) in [5.74, 6) is 3.45. The number of aryl methyl sites for hydroxylation is 2. The first-order chi connectivity index (χ1) is 12.5. The van der Waals surface area contributed by atoms with E-state index in [1.165, 1.54) is 11.7 Å². The Morgan fingerprint density at radius 1 is 1.27 bits per heavy atom. The Labute approximate surface area is 150 Å². The molecular weight excluding hydrogens is 332 g/mol. The first-order valence-corrected chi connectivity index (χ1v) is 8.07. The van der Waals surface area contributed by atoms with Crippen LogP contribution in [0.15, 0.2) is 41.2 Å². The number of rotatable bonds is 5. The fourth-order valence-corrected chi connectivity index (χ4v) is 2.66. The third-order valence-corrected chi connectivity index (χ3v) is 4.05. The van der Waals surface area contributed by atoms with Crippen LogP contribution < -0.4 is 10.4 Å². The molecule has 1 aromatic heterocycles. The Kier molecular flexibility index (Phi) is 4.76. The molecule has 3 aromatic rings. The van der Waals surface area contributed by atoms with Gasteiger partial charge in [-0.05, 0) is 52.7 Å². The third-order valence-electron chi connectivity index (χ3n) is 4.05. The van der Waals surface area contributed by atoms with E-state index in [0.29, 0.717) is 29.0 Å². The number of benzene rings is 2. The highest BCUT2D eigenvalue weighted by Crippen LogP contribution is 2.26. The highest BCUT2D eigenvalue weighted by molar-refractivity contribution is 5.51. The number of hydrogen-bond acceptors (Lipinski definition) is 5. The number of aromatic nitrogens is 4. The third kappa shape index (κ3) is 3.17. The van der Waals surface area contributed by atoms with Gasteiger partial charge in [0.2, 0.25) is 0 Å². The molecule has 132 valence electrons. The summed E-state index contributed by atoms with van der Waals surface area (Å²) in [5, 5.41) is 17.2. The molecule has 1 N–H and O–H groups in total. The smallest absolute Gasteiger partial charge is 0.368 e. The van der Waals surface area contributed by atoms with Gasteiger partial charge in [0, 0.05) is 18.2 Å². The lowest BCUT2D eigenvalue weighted by molar-refractivity contribution is 0.301. The standard InChI is InChI=1S/C19H18N4O3/c1-4-13-7-6-8-17(23-19(25)22(3)20-21-23)16(13)12-26-18-10-9-15(24)11-14(18)5-2/h1,6-11,24H,5,12H2,2-3H3. The first-order valence-electron chi connectivity index (χ1n) is 8.07. The molecule has 0 aliphatic rings. The maximum absolute atomic E-state index is 12.2. The number of phenols is 1. The Bertz CT molecular complexity index is 1040. The molecule has 0 fully saturated rings. The number of terminal acetylenes is 1. The van der Waals surface area contributed by atoms with E-state index in [0.717, 1.165) is 10.2 Å². The number of phenolic OH excluding ortho intramolecular Hbond substituents is 1. The minimum absolute atomic E-state index is 0.149. The van der Waals surface area contributed by atoms with Crippen LogP contribution in [-0.2, 0) is 20.1 Å². The van der Waals surface area contributed by atoms with Crippen molar-refractivity contribution >= 4 is 0 Å². The molecule has 0 amide bonds. The number of nitrogens with zero attached hydrogens (tertiary/aromatic N) is 4. The van der Waals surface area contributed by atoms with Gasteiger partial charge in [0.15, 0.2) is 0 Å². The van der Waals surface area contributed by atoms with Crippen LogP contribution in [0.4, 0.5) is 0 Å². The van der Waals surface area contributed by atoms with Crippen molar-refractivity contribution in [3.05, 3.63) is 63.6 Å². The summed E-state index contributed by atoms with van der Waals surface area (Å²) in [6, 6.07) is 10.2. The Morgan fingerprint density at radius 3 is 2.73 bits per heavy atom. The van der Waals surface area contributed by atoms with Crippen molar-refractivity contribution in [3.63, 3.8) is 0 Å². The molecular formula is C19H18N4O3. The van der Waals surface area contributed by atoms with Gasteiger partial charge in [0.1, 0.15) is 18.1 Å². The molecule has 0 saturated carbocycles. The average Bonchev–Trinajstić information content (AvgIpc) is 2.99. The van der Waals surface area contributed by atoms with Gasteiger partial charge in [0.25, 0.3) is 0 Å². The van der Waals surface area contributed by atoms with Gasteiger partial charge in [-0.3, -0.25) is 0 Å². The fraction of sp³-hybridized carbons (Fsp3) is 0.211. The van der Waals surface area contributed by atoms with Crippen molar-refractivity contribution in [3.8, 4) is 29.5 Å². The van der Waals surface area contributed by atoms with Crippen molar-refractivity contribution in [1.82, 2.24) is 19.8 Å². The summed E-state index contributed by atoms with van der Waals surface area (Å²) in [4.78, 5) is 12.2. The van der Waals surface area contributed by atoms with Crippen molar-refractivity contribution in [2.75, 3.05) is 0 Å². The van der Waals surface area contributed by atoms with E-state index in [-0.39, 0.29) is 18.0 Å². The molecule has 7 nitrogen and oxygen atoms in total. The van der Waals surface area contributed by atoms with E-state index in [1.54, 1.807) is 36.4 Å². The zero-order chi connectivity index (χ0) is 18.7. The van der Waals surface area contributed by atoms with E-state index in [2.05, 4.69) is 16.3 Å². The molecule has 0 bridgehead atoms. The summed E-state index contributed by atoms with van der Waals surface area (Å²) in [6.07, 6.45) is 6.32. The number of aromatic hydroxyl groups is 1. The monoisotopic (exact) mass is 350 g/mol. The van der Waals surface area contributed by atoms with Gasteiger partial charge < -0.3 is 9.84 Å². The van der Waals surface area contributed by atoms with Crippen LogP contribution in [-0.4, -0.2) is 24.9 Å². The minimum Gasteiger partial charge on any atom is -0.508 e. The van der Waals surface area contributed by atoms with Crippen LogP contribution in [0.3, 0.4) is 0 Å². The molecule has 0 unspecified atom stereocenters. The Hall–Kier alpha value is -3.53. The fourth-order valence-electron chi connectivity index (χ4n) is 2.66. The SMILES string of the molecule is C#Cc1cccc(-n2nnn(C)c2=O)c1COc1ccc(O)cc1CC. The van der Waals surface area contributed by atoms with Gasteiger partial charge in [-0.25, -0.2) is 4.79 Å². The molecule has 0 aliphatic carbocycles. The van der Waals surface area contributed by atoms with Crippen molar-refractivity contribution in [2.24, 2.45) is 7.05 Å². The second-order valence-electron chi connectivity index (χ2n) is 5.68. The summed E-state index contributed by atoms with van der Waals surface area (Å²) >= 11 is 0. The molecule has 0 spiro atoms. The second kappa shape index (κ2) is 7.15. The van der Waals surface area contributed by atoms with Crippen LogP contribution in [0.2, 0.25) is 0 Å². The molecule has 7 heteroatoms. The van der Waals surface area contributed by atoms with Gasteiger partial charge in [-0.1, -0.05) is 18.9 Å². The largest absolute Gasteiger partial charge is 0.508 e. The van der Waals surface area contributed by atoms with E-state index in [4.69, 9.17) is 11.2 Å². The molecule has 1 heterocycles. The molecule has 0 atom stereocenters. The maximum Gasteiger partial charge on any atom is 0.368 e. The van der Waals surface area contributed by atoms with Gasteiger partial charge >= 0.3 is 5.69 Å². The lowest BCUT2D eigenvalue weighted by atomic mass is 10.1. The number of hydrogen-bond donors (Lipinski definition) is 1. The predicted octanol–water partition coefficient (Wildman–Crippen LogP) is 1.79. The number of ether oxygens (including phenoxy) is 1. The normalized spacial score (nSPS) is 10.5. The summed E-state index contributed by atoms with van der Waals surface area (Å²) in [5.41, 5.74) is 2.29. The average molecular weight is 350 g/mol. The van der Waals surface area contributed by atoms with Crippen LogP contribution in [0.5, 0.6) is 11.5 Å². The molecule has 2 aromatic carbocycles. The highest BCUT2D eigenvalue weighted by Gasteiger charge is 2.15. The molecule has 0 aliphatic heterocycles. The van der Waals surface area contributed by atoms with Crippen molar-refractivity contribution in [1.29, 1.82) is 0 Å². The maximum atomic E-state index is 12.2. The molecule has 0 saturated heterocycles. The topological polar surface area (TPSA) is 82.2 Å². The zero-order valence-electron chi connectivity index (χ0n) is 14.5. The molecule has 26 heavy (non-hydrogen) atoms. The summed E-state index contributed by atoms with van der Waals surface area (Å²) in [7, 11) is 1.52. The predicted molar refractivity (Wildman–Crippen MR) is 96.4 cm³/mol. The minimum atomic E-state index is -0.376. The van der Waals surface area contributed by atoms with Crippen molar-refractivity contribution < 1.29 is 9.84 Å². The van der Waals surface area contributed by atoms with Crippen LogP contribution >= 0.6 is 0 Å². The zero-order valence-corrected chi connectivity index (χ0v) is 14.5. The summed E-state index contributed by atoms with van der Waals surface area (Å²) in [6.45, 7) is 2.12. The second-order valence-corrected chi connectivity index (χ2v) is 5.68. The first kappa shape index (κ1) is 17.3. The van der Waals surface area contributed by atoms with Gasteiger partial charge in [-0.15, -0.1) is 6.42 Å². The lowest BCUT2D eigenvalue weighted by Gasteiger charge is -2.14. The Morgan fingerprint density at radius 2 is 2.08 bits per heavy atom. The Balaban J connectivity index is 2.01. The van der Waals surface area contributed by atoms with Gasteiger partial charge in [-0.2, -0.15) is 9.36 Å². The van der Waals surface area contributed by atoms with Crippen LogP contribution in [0.1, 0.15) is 23.6 Å². The molecule has 0 radical (unpaired) electrons. The highest BCUT2D eigenvalue weighted by atomic mass is 16.5. The van der Waals surface area contributed by atoms with E-state index < -0.39 is 0 Å². The lowest BCUT2D eigenvalue weighted by Crippen LogP contribution is -2.23. The van der Waals surface area contributed by atoms with Crippen molar-refractivity contribution in [2.45, 2.75) is 20.0 Å². The van der Waals surface area contributed by atoms with Crippen LogP contribution in [0, 0.1) is 12.3 Å². The van der Waals surface area contributed by atoms with Gasteiger partial charge in [0.05, 0.1) is 5.69 Å². The molecule has 3 rings (SSSR count). The van der Waals surface area contributed by atoms with E-state index in [1.807, 2.05) is 6.92 Å². The number of tetrazole rings is 1.